The zero-order valence-corrected chi connectivity index (χ0v) is 6.06. The third-order valence-electron chi connectivity index (χ3n) is 1.30. The zero-order valence-electron chi connectivity index (χ0n) is 6.06. The Labute approximate surface area is 64.6 Å². The van der Waals surface area contributed by atoms with Crippen LogP contribution in [0.2, 0.25) is 0 Å². The summed E-state index contributed by atoms with van der Waals surface area (Å²) in [5.74, 6) is 0.409. The minimum atomic E-state index is -0.139. The van der Waals surface area contributed by atoms with Gasteiger partial charge >= 0.3 is 0 Å². The van der Waals surface area contributed by atoms with Gasteiger partial charge in [0.1, 0.15) is 6.61 Å². The molecule has 0 unspecified atom stereocenters. The number of aliphatic hydroxyl groups is 2. The van der Waals surface area contributed by atoms with Crippen LogP contribution in [-0.2, 0) is 13.0 Å². The Morgan fingerprint density at radius 1 is 1.18 bits per heavy atom. The molecule has 0 fully saturated rings. The van der Waals surface area contributed by atoms with E-state index in [1.54, 1.807) is 12.4 Å². The third-order valence-corrected chi connectivity index (χ3v) is 1.30. The van der Waals surface area contributed by atoms with Crippen LogP contribution in [0.15, 0.2) is 12.4 Å². The molecule has 0 aromatic carbocycles. The SMILES string of the molecule is OCCc1cnc(CO)nc1. The van der Waals surface area contributed by atoms with Crippen LogP contribution < -0.4 is 0 Å². The van der Waals surface area contributed by atoms with Crippen molar-refractivity contribution in [2.75, 3.05) is 6.61 Å². The molecule has 1 aromatic rings. The van der Waals surface area contributed by atoms with Crippen molar-refractivity contribution in [1.29, 1.82) is 0 Å². The third kappa shape index (κ3) is 2.25. The quantitative estimate of drug-likeness (QED) is 0.616. The lowest BCUT2D eigenvalue weighted by Gasteiger charge is -1.97. The molecule has 0 radical (unpaired) electrons. The summed E-state index contributed by atoms with van der Waals surface area (Å²) in [4.78, 5) is 7.69. The highest BCUT2D eigenvalue weighted by molar-refractivity contribution is 5.04. The Morgan fingerprint density at radius 3 is 2.27 bits per heavy atom. The molecule has 0 aliphatic carbocycles. The molecule has 60 valence electrons. The number of rotatable bonds is 3. The van der Waals surface area contributed by atoms with Gasteiger partial charge in [-0.15, -0.1) is 0 Å². The monoisotopic (exact) mass is 154 g/mol. The average Bonchev–Trinajstić information content (AvgIpc) is 2.07. The van der Waals surface area contributed by atoms with Crippen LogP contribution in [-0.4, -0.2) is 26.8 Å². The van der Waals surface area contributed by atoms with Gasteiger partial charge in [-0.05, 0) is 12.0 Å². The predicted octanol–water partition coefficient (Wildman–Crippen LogP) is -0.496. The zero-order chi connectivity index (χ0) is 8.10. The van der Waals surface area contributed by atoms with E-state index in [2.05, 4.69) is 9.97 Å². The first-order valence-electron chi connectivity index (χ1n) is 3.38. The van der Waals surface area contributed by atoms with Crippen molar-refractivity contribution in [2.45, 2.75) is 13.0 Å². The van der Waals surface area contributed by atoms with Gasteiger partial charge in [-0.3, -0.25) is 0 Å². The van der Waals surface area contributed by atoms with Gasteiger partial charge in [0.2, 0.25) is 0 Å². The van der Waals surface area contributed by atoms with Gasteiger partial charge in [-0.25, -0.2) is 9.97 Å². The Morgan fingerprint density at radius 2 is 1.82 bits per heavy atom. The first-order valence-corrected chi connectivity index (χ1v) is 3.38. The van der Waals surface area contributed by atoms with Gasteiger partial charge in [-0.2, -0.15) is 0 Å². The summed E-state index contributed by atoms with van der Waals surface area (Å²) < 4.78 is 0. The maximum absolute atomic E-state index is 8.58. The van der Waals surface area contributed by atoms with Gasteiger partial charge in [0.25, 0.3) is 0 Å². The summed E-state index contributed by atoms with van der Waals surface area (Å²) >= 11 is 0. The van der Waals surface area contributed by atoms with Crippen molar-refractivity contribution < 1.29 is 10.2 Å². The Hall–Kier alpha value is -1.00. The van der Waals surface area contributed by atoms with E-state index in [1.165, 1.54) is 0 Å². The van der Waals surface area contributed by atoms with E-state index in [-0.39, 0.29) is 13.2 Å². The predicted molar refractivity (Wildman–Crippen MR) is 38.7 cm³/mol. The lowest BCUT2D eigenvalue weighted by Crippen LogP contribution is -1.97. The summed E-state index contributed by atoms with van der Waals surface area (Å²) in [6.07, 6.45) is 3.77. The normalized spacial score (nSPS) is 10.0. The van der Waals surface area contributed by atoms with Gasteiger partial charge in [0, 0.05) is 19.0 Å². The van der Waals surface area contributed by atoms with Gasteiger partial charge in [0.05, 0.1) is 0 Å². The number of aromatic nitrogens is 2. The molecule has 11 heavy (non-hydrogen) atoms. The van der Waals surface area contributed by atoms with Crippen molar-refractivity contribution >= 4 is 0 Å². The van der Waals surface area contributed by atoms with Crippen LogP contribution >= 0.6 is 0 Å². The lowest BCUT2D eigenvalue weighted by atomic mass is 10.2. The first kappa shape index (κ1) is 8.10. The highest BCUT2D eigenvalue weighted by atomic mass is 16.3. The molecule has 0 spiro atoms. The fourth-order valence-electron chi connectivity index (χ4n) is 0.721. The average molecular weight is 154 g/mol. The van der Waals surface area contributed by atoms with Crippen molar-refractivity contribution in [1.82, 2.24) is 9.97 Å². The molecule has 2 N–H and O–H groups in total. The van der Waals surface area contributed by atoms with Crippen molar-refractivity contribution in [3.63, 3.8) is 0 Å². The fourth-order valence-corrected chi connectivity index (χ4v) is 0.721. The molecule has 1 aromatic heterocycles. The Balaban J connectivity index is 2.66. The molecule has 0 atom stereocenters. The maximum Gasteiger partial charge on any atom is 0.153 e. The van der Waals surface area contributed by atoms with E-state index >= 15 is 0 Å². The highest BCUT2D eigenvalue weighted by Gasteiger charge is 1.94. The van der Waals surface area contributed by atoms with E-state index in [0.717, 1.165) is 5.56 Å². The van der Waals surface area contributed by atoms with Crippen LogP contribution in [0.25, 0.3) is 0 Å². The summed E-state index contributed by atoms with van der Waals surface area (Å²) in [5.41, 5.74) is 0.879. The number of hydrogen-bond donors (Lipinski definition) is 2. The molecule has 4 nitrogen and oxygen atoms in total. The van der Waals surface area contributed by atoms with E-state index in [0.29, 0.717) is 12.2 Å². The maximum atomic E-state index is 8.58. The lowest BCUT2D eigenvalue weighted by molar-refractivity contribution is 0.271. The minimum Gasteiger partial charge on any atom is -0.396 e. The highest BCUT2D eigenvalue weighted by Crippen LogP contribution is 1.96. The van der Waals surface area contributed by atoms with Crippen molar-refractivity contribution in [3.8, 4) is 0 Å². The van der Waals surface area contributed by atoms with Crippen LogP contribution in [0, 0.1) is 0 Å². The number of aliphatic hydroxyl groups excluding tert-OH is 2. The van der Waals surface area contributed by atoms with Crippen LogP contribution in [0.5, 0.6) is 0 Å². The summed E-state index contributed by atoms with van der Waals surface area (Å²) in [5, 5.41) is 17.1. The minimum absolute atomic E-state index is 0.0990. The molecule has 4 heteroatoms. The van der Waals surface area contributed by atoms with Crippen molar-refractivity contribution in [2.24, 2.45) is 0 Å². The van der Waals surface area contributed by atoms with E-state index < -0.39 is 0 Å². The number of hydrogen-bond acceptors (Lipinski definition) is 4. The second-order valence-electron chi connectivity index (χ2n) is 2.14. The molecule has 0 saturated heterocycles. The van der Waals surface area contributed by atoms with Gasteiger partial charge < -0.3 is 10.2 Å². The largest absolute Gasteiger partial charge is 0.396 e. The second-order valence-corrected chi connectivity index (χ2v) is 2.14. The molecule has 1 heterocycles. The Bertz CT molecular complexity index is 210. The molecule has 0 saturated carbocycles. The molecule has 0 bridgehead atoms. The first-order chi connectivity index (χ1) is 5.36. The fraction of sp³-hybridized carbons (Fsp3) is 0.429. The van der Waals surface area contributed by atoms with Crippen LogP contribution in [0.3, 0.4) is 0 Å². The molecule has 0 aliphatic rings. The molecule has 0 amide bonds. The van der Waals surface area contributed by atoms with Crippen molar-refractivity contribution in [3.05, 3.63) is 23.8 Å². The summed E-state index contributed by atoms with van der Waals surface area (Å²) in [7, 11) is 0. The standard InChI is InChI=1S/C7H10N2O2/c10-2-1-6-3-8-7(5-11)9-4-6/h3-4,10-11H,1-2,5H2. The molecule has 1 rings (SSSR count). The summed E-state index contributed by atoms with van der Waals surface area (Å²) in [6.45, 7) is -0.0404. The summed E-state index contributed by atoms with van der Waals surface area (Å²) in [6, 6.07) is 0. The molecular formula is C7H10N2O2. The Kier molecular flexibility index (Phi) is 2.95. The van der Waals surface area contributed by atoms with Gasteiger partial charge in [0.15, 0.2) is 5.82 Å². The topological polar surface area (TPSA) is 66.2 Å². The van der Waals surface area contributed by atoms with Crippen LogP contribution in [0.4, 0.5) is 0 Å². The van der Waals surface area contributed by atoms with Gasteiger partial charge in [-0.1, -0.05) is 0 Å². The van der Waals surface area contributed by atoms with E-state index in [4.69, 9.17) is 10.2 Å². The van der Waals surface area contributed by atoms with Crippen LogP contribution in [0.1, 0.15) is 11.4 Å². The van der Waals surface area contributed by atoms with E-state index in [9.17, 15) is 0 Å². The smallest absolute Gasteiger partial charge is 0.153 e. The molecule has 0 aliphatic heterocycles. The second kappa shape index (κ2) is 4.00. The number of nitrogens with zero attached hydrogens (tertiary/aromatic N) is 2. The van der Waals surface area contributed by atoms with E-state index in [1.807, 2.05) is 0 Å². The molecular weight excluding hydrogens is 144 g/mol.